The predicted molar refractivity (Wildman–Crippen MR) is 154 cm³/mol. The zero-order valence-electron chi connectivity index (χ0n) is 22.5. The Morgan fingerprint density at radius 2 is 1.77 bits per heavy atom. The molecule has 232 valence electrons. The molecule has 18 heteroatoms. The fourth-order valence-corrected chi connectivity index (χ4v) is 4.37. The largest absolute Gasteiger partial charge is 0.456 e. The van der Waals surface area contributed by atoms with E-state index in [-0.39, 0.29) is 23.1 Å². The fraction of sp³-hybridized carbons (Fsp3) is 0.240. The van der Waals surface area contributed by atoms with Crippen LogP contribution in [0.4, 0.5) is 24.7 Å². The van der Waals surface area contributed by atoms with Crippen molar-refractivity contribution >= 4 is 60.0 Å². The molecule has 1 amide bonds. The molecule has 0 atom stereocenters. The maximum Gasteiger partial charge on any atom is 0.416 e. The molecule has 0 aliphatic heterocycles. The summed E-state index contributed by atoms with van der Waals surface area (Å²) in [5, 5.41) is 5.85. The highest BCUT2D eigenvalue weighted by atomic mass is 35.5. The van der Waals surface area contributed by atoms with E-state index in [0.717, 1.165) is 18.4 Å². The highest BCUT2D eigenvalue weighted by molar-refractivity contribution is 7.91. The first-order valence-corrected chi connectivity index (χ1v) is 16.3. The van der Waals surface area contributed by atoms with Crippen molar-refractivity contribution < 1.29 is 44.1 Å². The van der Waals surface area contributed by atoms with Gasteiger partial charge in [-0.2, -0.15) is 21.6 Å². The number of hydrogen-bond acceptors (Lipinski definition) is 9. The van der Waals surface area contributed by atoms with E-state index in [9.17, 15) is 34.8 Å². The van der Waals surface area contributed by atoms with Gasteiger partial charge in [0.15, 0.2) is 15.7 Å². The average molecular weight is 664 g/mol. The van der Waals surface area contributed by atoms with Gasteiger partial charge in [0.1, 0.15) is 29.1 Å². The molecular formula is C25H25ClF3N5O7S2. The van der Waals surface area contributed by atoms with E-state index in [2.05, 4.69) is 20.6 Å². The Morgan fingerprint density at radius 1 is 1.07 bits per heavy atom. The van der Waals surface area contributed by atoms with Crippen molar-refractivity contribution in [2.24, 2.45) is 0 Å². The lowest BCUT2D eigenvalue weighted by molar-refractivity contribution is -0.137. The SMILES string of the molecule is CS(=O)(=O)CC(=O)NCCn1ccc2ncnc(Nc3ccc(Oc4cccc(C(F)(F)F)c4)c(Cl)c3)c21.CS(=O)(=O)O. The number of nitrogens with one attached hydrogen (secondary N) is 2. The normalized spacial score (nSPS) is 11.9. The quantitative estimate of drug-likeness (QED) is 0.219. The number of halogens is 4. The highest BCUT2D eigenvalue weighted by Crippen LogP contribution is 2.36. The molecule has 2 heterocycles. The molecule has 0 unspecified atom stereocenters. The van der Waals surface area contributed by atoms with E-state index in [1.165, 1.54) is 30.6 Å². The van der Waals surface area contributed by atoms with Crippen molar-refractivity contribution in [3.8, 4) is 11.5 Å². The second-order valence-corrected chi connectivity index (χ2v) is 13.0. The van der Waals surface area contributed by atoms with Crippen LogP contribution in [-0.2, 0) is 37.5 Å². The van der Waals surface area contributed by atoms with E-state index < -0.39 is 43.4 Å². The van der Waals surface area contributed by atoms with Crippen LogP contribution in [0, 0.1) is 0 Å². The van der Waals surface area contributed by atoms with Crippen molar-refractivity contribution in [3.63, 3.8) is 0 Å². The lowest BCUT2D eigenvalue weighted by Crippen LogP contribution is -2.32. The molecule has 4 rings (SSSR count). The Kier molecular flexibility index (Phi) is 10.6. The van der Waals surface area contributed by atoms with Gasteiger partial charge in [0.05, 0.1) is 22.4 Å². The third-order valence-electron chi connectivity index (χ3n) is 5.20. The summed E-state index contributed by atoms with van der Waals surface area (Å²) in [5.74, 6) is -0.603. The maximum absolute atomic E-state index is 13.0. The minimum atomic E-state index is -4.50. The average Bonchev–Trinajstić information content (AvgIpc) is 3.27. The number of alkyl halides is 3. The Bertz CT molecular complexity index is 1820. The van der Waals surface area contributed by atoms with Gasteiger partial charge in [-0.1, -0.05) is 17.7 Å². The summed E-state index contributed by atoms with van der Waals surface area (Å²) < 4.78 is 94.7. The standard InChI is InChI=1S/C24H21ClF3N5O4S.CH4O3S/c1-38(35,36)13-21(34)29-8-10-33-9-7-19-22(33)23(31-14-30-19)32-16-5-6-20(18(25)12-16)37-17-4-2-3-15(11-17)24(26,27)28;1-5(2,3)4/h2-7,9,11-12,14H,8,10,13H2,1H3,(H,29,34)(H,30,31,32);1H3,(H,2,3,4). The minimum absolute atomic E-state index is 0.0126. The Labute approximate surface area is 249 Å². The summed E-state index contributed by atoms with van der Waals surface area (Å²) in [5.41, 5.74) is 0.946. The molecular weight excluding hydrogens is 639 g/mol. The van der Waals surface area contributed by atoms with Gasteiger partial charge in [-0.15, -0.1) is 0 Å². The molecule has 43 heavy (non-hydrogen) atoms. The van der Waals surface area contributed by atoms with Crippen LogP contribution in [0.15, 0.2) is 61.1 Å². The lowest BCUT2D eigenvalue weighted by Gasteiger charge is -2.13. The van der Waals surface area contributed by atoms with Crippen molar-refractivity contribution in [3.05, 3.63) is 71.6 Å². The van der Waals surface area contributed by atoms with Crippen molar-refractivity contribution in [1.82, 2.24) is 19.9 Å². The Hall–Kier alpha value is -3.93. The van der Waals surface area contributed by atoms with E-state index in [0.29, 0.717) is 35.3 Å². The molecule has 4 aromatic rings. The smallest absolute Gasteiger partial charge is 0.416 e. The van der Waals surface area contributed by atoms with Crippen LogP contribution in [0.2, 0.25) is 5.02 Å². The number of ether oxygens (including phenoxy) is 1. The van der Waals surface area contributed by atoms with Crippen LogP contribution in [0.25, 0.3) is 11.0 Å². The number of fused-ring (bicyclic) bond motifs is 1. The third kappa shape index (κ3) is 11.0. The van der Waals surface area contributed by atoms with Crippen LogP contribution < -0.4 is 15.4 Å². The number of hydrogen-bond donors (Lipinski definition) is 3. The first kappa shape index (κ1) is 33.6. The van der Waals surface area contributed by atoms with Gasteiger partial charge in [-0.05, 0) is 42.5 Å². The zero-order chi connectivity index (χ0) is 32.0. The van der Waals surface area contributed by atoms with Crippen LogP contribution in [0.5, 0.6) is 11.5 Å². The first-order valence-electron chi connectivity index (χ1n) is 12.0. The number of carbonyl (C=O) groups is 1. The van der Waals surface area contributed by atoms with Crippen molar-refractivity contribution in [2.45, 2.75) is 12.7 Å². The Balaban J connectivity index is 0.000000934. The van der Waals surface area contributed by atoms with Gasteiger partial charge in [0, 0.05) is 31.2 Å². The second kappa shape index (κ2) is 13.6. The van der Waals surface area contributed by atoms with Crippen molar-refractivity contribution in [2.75, 3.05) is 30.1 Å². The molecule has 0 aliphatic rings. The zero-order valence-corrected chi connectivity index (χ0v) is 24.9. The number of carbonyl (C=O) groups excluding carboxylic acids is 1. The molecule has 0 saturated carbocycles. The molecule has 12 nitrogen and oxygen atoms in total. The van der Waals surface area contributed by atoms with Gasteiger partial charge in [0.2, 0.25) is 5.91 Å². The summed E-state index contributed by atoms with van der Waals surface area (Å²) >= 11 is 6.34. The number of benzene rings is 2. The van der Waals surface area contributed by atoms with Crippen LogP contribution >= 0.6 is 11.6 Å². The molecule has 0 bridgehead atoms. The van der Waals surface area contributed by atoms with Gasteiger partial charge in [-0.3, -0.25) is 9.35 Å². The van der Waals surface area contributed by atoms with E-state index in [1.807, 2.05) is 0 Å². The summed E-state index contributed by atoms with van der Waals surface area (Å²) in [4.78, 5) is 20.3. The molecule has 3 N–H and O–H groups in total. The fourth-order valence-electron chi connectivity index (χ4n) is 3.58. The topological polar surface area (TPSA) is 170 Å². The third-order valence-corrected chi connectivity index (χ3v) is 6.28. The maximum atomic E-state index is 13.0. The summed E-state index contributed by atoms with van der Waals surface area (Å²) in [7, 11) is -7.10. The van der Waals surface area contributed by atoms with Gasteiger partial charge < -0.3 is 19.9 Å². The van der Waals surface area contributed by atoms with Gasteiger partial charge in [0.25, 0.3) is 10.1 Å². The summed E-state index contributed by atoms with van der Waals surface area (Å²) in [6.45, 7) is 0.505. The molecule has 2 aromatic heterocycles. The first-order chi connectivity index (χ1) is 19.9. The molecule has 0 aliphatic carbocycles. The molecule has 0 spiro atoms. The van der Waals surface area contributed by atoms with Crippen LogP contribution in [-0.4, -0.2) is 66.6 Å². The number of aromatic nitrogens is 3. The molecule has 0 fully saturated rings. The van der Waals surface area contributed by atoms with E-state index >= 15 is 0 Å². The number of anilines is 2. The molecule has 0 radical (unpaired) electrons. The molecule has 2 aromatic carbocycles. The monoisotopic (exact) mass is 663 g/mol. The van der Waals surface area contributed by atoms with Crippen LogP contribution in [0.3, 0.4) is 0 Å². The number of nitrogens with zero attached hydrogens (tertiary/aromatic N) is 3. The van der Waals surface area contributed by atoms with Crippen LogP contribution in [0.1, 0.15) is 5.56 Å². The minimum Gasteiger partial charge on any atom is -0.456 e. The lowest BCUT2D eigenvalue weighted by atomic mass is 10.2. The Morgan fingerprint density at radius 3 is 2.40 bits per heavy atom. The second-order valence-electron chi connectivity index (χ2n) is 9.02. The predicted octanol–water partition coefficient (Wildman–Crippen LogP) is 4.30. The summed E-state index contributed by atoms with van der Waals surface area (Å²) in [6, 6.07) is 10.9. The number of amides is 1. The number of rotatable bonds is 9. The highest BCUT2D eigenvalue weighted by Gasteiger charge is 2.30. The van der Waals surface area contributed by atoms with E-state index in [1.54, 1.807) is 22.9 Å². The number of sulfone groups is 1. The van der Waals surface area contributed by atoms with Gasteiger partial charge >= 0.3 is 6.18 Å². The summed E-state index contributed by atoms with van der Waals surface area (Å²) in [6.07, 6.45) is 0.325. The molecule has 0 saturated heterocycles. The van der Waals surface area contributed by atoms with E-state index in [4.69, 9.17) is 20.9 Å². The van der Waals surface area contributed by atoms with Crippen molar-refractivity contribution in [1.29, 1.82) is 0 Å². The van der Waals surface area contributed by atoms with Gasteiger partial charge in [-0.25, -0.2) is 18.4 Å².